The van der Waals surface area contributed by atoms with E-state index in [4.69, 9.17) is 10.3 Å². The number of aryl methyl sites for hydroxylation is 1. The second-order valence-electron chi connectivity index (χ2n) is 4.51. The van der Waals surface area contributed by atoms with E-state index in [0.717, 1.165) is 27.6 Å². The van der Waals surface area contributed by atoms with Crippen LogP contribution in [0.25, 0.3) is 22.8 Å². The molecule has 6 heteroatoms. The molecule has 0 aliphatic rings. The van der Waals surface area contributed by atoms with Gasteiger partial charge < -0.3 is 10.3 Å². The van der Waals surface area contributed by atoms with Crippen molar-refractivity contribution in [3.05, 3.63) is 46.7 Å². The highest BCUT2D eigenvalue weighted by Gasteiger charge is 2.15. The summed E-state index contributed by atoms with van der Waals surface area (Å²) < 4.78 is 6.16. The average molecular weight is 345 g/mol. The maximum Gasteiger partial charge on any atom is 0.260 e. The van der Waals surface area contributed by atoms with E-state index in [0.29, 0.717) is 17.4 Å². The molecule has 0 atom stereocenters. The van der Waals surface area contributed by atoms with Crippen LogP contribution in [0.1, 0.15) is 12.5 Å². The van der Waals surface area contributed by atoms with Gasteiger partial charge in [-0.05, 0) is 46.1 Å². The van der Waals surface area contributed by atoms with Crippen LogP contribution < -0.4 is 5.73 Å². The number of anilines is 1. The van der Waals surface area contributed by atoms with Gasteiger partial charge in [0.25, 0.3) is 5.89 Å². The maximum atomic E-state index is 6.03. The van der Waals surface area contributed by atoms with Crippen LogP contribution in [0.2, 0.25) is 0 Å². The summed E-state index contributed by atoms with van der Waals surface area (Å²) in [5, 5.41) is 4.06. The molecule has 0 bridgehead atoms. The van der Waals surface area contributed by atoms with Gasteiger partial charge in [0.2, 0.25) is 5.82 Å². The van der Waals surface area contributed by atoms with Crippen molar-refractivity contribution in [2.24, 2.45) is 0 Å². The van der Waals surface area contributed by atoms with Gasteiger partial charge in [-0.1, -0.05) is 18.1 Å². The summed E-state index contributed by atoms with van der Waals surface area (Å²) in [4.78, 5) is 8.57. The third kappa shape index (κ3) is 2.54. The second kappa shape index (κ2) is 5.65. The van der Waals surface area contributed by atoms with Gasteiger partial charge in [0, 0.05) is 22.4 Å². The van der Waals surface area contributed by atoms with E-state index in [9.17, 15) is 0 Å². The molecule has 0 radical (unpaired) electrons. The molecule has 3 aromatic rings. The predicted molar refractivity (Wildman–Crippen MR) is 84.5 cm³/mol. The molecule has 2 aromatic heterocycles. The second-order valence-corrected chi connectivity index (χ2v) is 5.36. The van der Waals surface area contributed by atoms with Crippen LogP contribution in [-0.2, 0) is 6.42 Å². The van der Waals surface area contributed by atoms with E-state index < -0.39 is 0 Å². The first kappa shape index (κ1) is 13.8. The minimum absolute atomic E-state index is 0.405. The van der Waals surface area contributed by atoms with Gasteiger partial charge >= 0.3 is 0 Å². The molecule has 0 aliphatic carbocycles. The lowest BCUT2D eigenvalue weighted by atomic mass is 10.1. The molecule has 2 heterocycles. The van der Waals surface area contributed by atoms with E-state index in [2.05, 4.69) is 38.0 Å². The fourth-order valence-corrected chi connectivity index (χ4v) is 2.46. The van der Waals surface area contributed by atoms with Gasteiger partial charge in [-0.25, -0.2) is 0 Å². The SMILES string of the molecule is CCc1cnccc1-c1noc(-c2cccc(Br)c2N)n1. The van der Waals surface area contributed by atoms with Crippen LogP contribution in [-0.4, -0.2) is 15.1 Å². The summed E-state index contributed by atoms with van der Waals surface area (Å²) in [6.45, 7) is 2.06. The van der Waals surface area contributed by atoms with Crippen LogP contribution in [0.15, 0.2) is 45.7 Å². The lowest BCUT2D eigenvalue weighted by Crippen LogP contribution is -1.92. The zero-order valence-electron chi connectivity index (χ0n) is 11.4. The van der Waals surface area contributed by atoms with Gasteiger partial charge in [0.05, 0.1) is 11.3 Å². The molecule has 5 nitrogen and oxygen atoms in total. The lowest BCUT2D eigenvalue weighted by molar-refractivity contribution is 0.432. The topological polar surface area (TPSA) is 77.8 Å². The molecule has 0 amide bonds. The molecule has 106 valence electrons. The highest BCUT2D eigenvalue weighted by molar-refractivity contribution is 9.10. The summed E-state index contributed by atoms with van der Waals surface area (Å²) >= 11 is 3.39. The number of para-hydroxylation sites is 1. The third-order valence-corrected chi connectivity index (χ3v) is 3.93. The number of aromatic nitrogens is 3. The van der Waals surface area contributed by atoms with Gasteiger partial charge in [-0.15, -0.1) is 0 Å². The van der Waals surface area contributed by atoms with Crippen molar-refractivity contribution < 1.29 is 4.52 Å². The summed E-state index contributed by atoms with van der Waals surface area (Å²) in [6.07, 6.45) is 4.39. The number of nitrogens with zero attached hydrogens (tertiary/aromatic N) is 3. The predicted octanol–water partition coefficient (Wildman–Crippen LogP) is 3.71. The molecule has 3 rings (SSSR count). The van der Waals surface area contributed by atoms with Crippen LogP contribution in [0.5, 0.6) is 0 Å². The van der Waals surface area contributed by atoms with E-state index in [-0.39, 0.29) is 0 Å². The molecular formula is C15H13BrN4O. The van der Waals surface area contributed by atoms with E-state index in [1.165, 1.54) is 0 Å². The Hall–Kier alpha value is -2.21. The van der Waals surface area contributed by atoms with Crippen molar-refractivity contribution in [3.63, 3.8) is 0 Å². The normalized spacial score (nSPS) is 10.8. The monoisotopic (exact) mass is 344 g/mol. The lowest BCUT2D eigenvalue weighted by Gasteiger charge is -2.02. The number of nitrogen functional groups attached to an aromatic ring is 1. The Kier molecular flexibility index (Phi) is 3.70. The molecule has 0 fully saturated rings. The number of benzene rings is 1. The standard InChI is InChI=1S/C15H13BrN4O/c1-2-9-8-18-7-6-10(9)14-19-15(21-20-14)11-4-3-5-12(16)13(11)17/h3-8H,2,17H2,1H3. The zero-order valence-corrected chi connectivity index (χ0v) is 13.0. The number of halogens is 1. The Morgan fingerprint density at radius 3 is 2.90 bits per heavy atom. The van der Waals surface area contributed by atoms with Crippen molar-refractivity contribution in [2.75, 3.05) is 5.73 Å². The van der Waals surface area contributed by atoms with Crippen LogP contribution in [0.3, 0.4) is 0 Å². The number of rotatable bonds is 3. The zero-order chi connectivity index (χ0) is 14.8. The summed E-state index contributed by atoms with van der Waals surface area (Å²) in [5.41, 5.74) is 9.34. The third-order valence-electron chi connectivity index (χ3n) is 3.23. The Morgan fingerprint density at radius 2 is 2.10 bits per heavy atom. The van der Waals surface area contributed by atoms with Crippen molar-refractivity contribution in [3.8, 4) is 22.8 Å². The molecule has 0 aliphatic heterocycles. The fourth-order valence-electron chi connectivity index (χ4n) is 2.09. The average Bonchev–Trinajstić information content (AvgIpc) is 2.99. The largest absolute Gasteiger partial charge is 0.397 e. The van der Waals surface area contributed by atoms with E-state index in [1.807, 2.05) is 30.5 Å². The van der Waals surface area contributed by atoms with Gasteiger partial charge in [-0.2, -0.15) is 4.98 Å². The minimum atomic E-state index is 0.405. The summed E-state index contributed by atoms with van der Waals surface area (Å²) in [7, 11) is 0. The van der Waals surface area contributed by atoms with Crippen LogP contribution in [0, 0.1) is 0 Å². The first-order chi connectivity index (χ1) is 10.2. The molecule has 0 saturated carbocycles. The van der Waals surface area contributed by atoms with Crippen LogP contribution >= 0.6 is 15.9 Å². The highest BCUT2D eigenvalue weighted by atomic mass is 79.9. The molecule has 21 heavy (non-hydrogen) atoms. The number of nitrogens with two attached hydrogens (primary N) is 1. The molecule has 2 N–H and O–H groups in total. The molecule has 1 aromatic carbocycles. The van der Waals surface area contributed by atoms with Gasteiger partial charge in [0.1, 0.15) is 0 Å². The molecular weight excluding hydrogens is 332 g/mol. The quantitative estimate of drug-likeness (QED) is 0.732. The Labute approximate surface area is 130 Å². The molecule has 0 saturated heterocycles. The van der Waals surface area contributed by atoms with Crippen molar-refractivity contribution in [2.45, 2.75) is 13.3 Å². The number of hydrogen-bond donors (Lipinski definition) is 1. The highest BCUT2D eigenvalue weighted by Crippen LogP contribution is 2.32. The smallest absolute Gasteiger partial charge is 0.260 e. The molecule has 0 spiro atoms. The Bertz CT molecular complexity index is 785. The first-order valence-corrected chi connectivity index (χ1v) is 7.31. The Balaban J connectivity index is 2.06. The number of hydrogen-bond acceptors (Lipinski definition) is 5. The number of pyridine rings is 1. The van der Waals surface area contributed by atoms with E-state index >= 15 is 0 Å². The van der Waals surface area contributed by atoms with E-state index in [1.54, 1.807) is 6.20 Å². The summed E-state index contributed by atoms with van der Waals surface area (Å²) in [5.74, 6) is 0.950. The van der Waals surface area contributed by atoms with Crippen molar-refractivity contribution in [1.29, 1.82) is 0 Å². The van der Waals surface area contributed by atoms with Crippen LogP contribution in [0.4, 0.5) is 5.69 Å². The minimum Gasteiger partial charge on any atom is -0.397 e. The Morgan fingerprint density at radius 1 is 1.24 bits per heavy atom. The summed E-state index contributed by atoms with van der Waals surface area (Å²) in [6, 6.07) is 7.49. The maximum absolute atomic E-state index is 6.03. The first-order valence-electron chi connectivity index (χ1n) is 6.52. The molecule has 0 unspecified atom stereocenters. The van der Waals surface area contributed by atoms with Crippen molar-refractivity contribution in [1.82, 2.24) is 15.1 Å². The van der Waals surface area contributed by atoms with Gasteiger partial charge in [-0.3, -0.25) is 4.98 Å². The van der Waals surface area contributed by atoms with Gasteiger partial charge in [0.15, 0.2) is 0 Å². The fraction of sp³-hybridized carbons (Fsp3) is 0.133. The van der Waals surface area contributed by atoms with Crippen molar-refractivity contribution >= 4 is 21.6 Å².